The highest BCUT2D eigenvalue weighted by Gasteiger charge is 2.18. The zero-order valence-electron chi connectivity index (χ0n) is 5.48. The lowest BCUT2D eigenvalue weighted by atomic mass is 10.2. The molecule has 0 heterocycles. The zero-order chi connectivity index (χ0) is 8.85. The van der Waals surface area contributed by atoms with Crippen LogP contribution in [0.5, 0.6) is 0 Å². The van der Waals surface area contributed by atoms with Gasteiger partial charge in [-0.1, -0.05) is 12.2 Å². The molecule has 0 aliphatic heterocycles. The molecule has 1 atom stereocenters. The SMILES string of the molecule is O=C(O)C[C@H](NC=S)C(=O)O. The van der Waals surface area contributed by atoms with Crippen LogP contribution in [0.3, 0.4) is 0 Å². The summed E-state index contributed by atoms with van der Waals surface area (Å²) in [5, 5.41) is 18.8. The first-order valence-corrected chi connectivity index (χ1v) is 3.19. The number of nitrogens with one attached hydrogen (secondary N) is 1. The van der Waals surface area contributed by atoms with Crippen LogP contribution in [0.1, 0.15) is 6.42 Å². The maximum absolute atomic E-state index is 10.2. The van der Waals surface area contributed by atoms with Crippen LogP contribution in [0.25, 0.3) is 0 Å². The smallest absolute Gasteiger partial charge is 0.326 e. The normalized spacial score (nSPS) is 11.6. The minimum atomic E-state index is -1.23. The van der Waals surface area contributed by atoms with Gasteiger partial charge in [0.25, 0.3) is 0 Å². The van der Waals surface area contributed by atoms with Crippen LogP contribution < -0.4 is 5.32 Å². The molecule has 0 aliphatic rings. The Bertz CT molecular complexity index is 181. The molecular weight excluding hydrogens is 170 g/mol. The summed E-state index contributed by atoms with van der Waals surface area (Å²) < 4.78 is 0. The van der Waals surface area contributed by atoms with Crippen LogP contribution in [-0.2, 0) is 9.59 Å². The predicted molar refractivity (Wildman–Crippen MR) is 40.5 cm³/mol. The summed E-state index contributed by atoms with van der Waals surface area (Å²) in [4.78, 5) is 20.3. The third-order valence-corrected chi connectivity index (χ3v) is 1.08. The average Bonchev–Trinajstić information content (AvgIpc) is 1.86. The summed E-state index contributed by atoms with van der Waals surface area (Å²) in [5.74, 6) is -2.41. The molecule has 5 nitrogen and oxygen atoms in total. The van der Waals surface area contributed by atoms with E-state index in [2.05, 4.69) is 17.5 Å². The first kappa shape index (κ1) is 9.83. The fourth-order valence-corrected chi connectivity index (χ4v) is 0.639. The van der Waals surface area contributed by atoms with Crippen molar-refractivity contribution in [2.75, 3.05) is 0 Å². The summed E-state index contributed by atoms with van der Waals surface area (Å²) in [6.07, 6.45) is -0.484. The van der Waals surface area contributed by atoms with Gasteiger partial charge in [-0.3, -0.25) is 4.79 Å². The van der Waals surface area contributed by atoms with E-state index in [1.165, 1.54) is 0 Å². The van der Waals surface area contributed by atoms with E-state index in [4.69, 9.17) is 10.2 Å². The van der Waals surface area contributed by atoms with Gasteiger partial charge in [-0.15, -0.1) is 0 Å². The monoisotopic (exact) mass is 177 g/mol. The molecule has 0 saturated carbocycles. The van der Waals surface area contributed by atoms with Gasteiger partial charge in [0, 0.05) is 0 Å². The number of thiocarbonyl (C=S) groups is 1. The van der Waals surface area contributed by atoms with Crippen LogP contribution in [0, 0.1) is 0 Å². The van der Waals surface area contributed by atoms with Crippen LogP contribution in [-0.4, -0.2) is 33.7 Å². The second-order valence-electron chi connectivity index (χ2n) is 1.77. The molecule has 0 aromatic carbocycles. The third-order valence-electron chi connectivity index (χ3n) is 0.946. The lowest BCUT2D eigenvalue weighted by Gasteiger charge is -2.07. The van der Waals surface area contributed by atoms with E-state index in [1.807, 2.05) is 0 Å². The number of rotatable bonds is 5. The van der Waals surface area contributed by atoms with Crippen molar-refractivity contribution in [1.82, 2.24) is 5.32 Å². The van der Waals surface area contributed by atoms with E-state index in [9.17, 15) is 9.59 Å². The number of aliphatic carboxylic acids is 2. The van der Waals surface area contributed by atoms with E-state index in [-0.39, 0.29) is 0 Å². The number of carboxylic acids is 2. The Labute approximate surface area is 68.0 Å². The van der Waals surface area contributed by atoms with E-state index in [1.54, 1.807) is 0 Å². The molecule has 0 bridgehead atoms. The van der Waals surface area contributed by atoms with Crippen LogP contribution in [0.15, 0.2) is 0 Å². The van der Waals surface area contributed by atoms with Crippen molar-refractivity contribution in [2.45, 2.75) is 12.5 Å². The van der Waals surface area contributed by atoms with Crippen LogP contribution >= 0.6 is 12.2 Å². The van der Waals surface area contributed by atoms with Gasteiger partial charge in [0.1, 0.15) is 6.04 Å². The number of carbonyl (C=O) groups is 2. The highest BCUT2D eigenvalue weighted by molar-refractivity contribution is 7.78. The van der Waals surface area contributed by atoms with Gasteiger partial charge in [0.2, 0.25) is 0 Å². The number of hydrogen-bond donors (Lipinski definition) is 3. The topological polar surface area (TPSA) is 86.6 Å². The van der Waals surface area contributed by atoms with Crippen molar-refractivity contribution in [3.05, 3.63) is 0 Å². The minimum Gasteiger partial charge on any atom is -0.481 e. The predicted octanol–water partition coefficient (Wildman–Crippen LogP) is -0.539. The largest absolute Gasteiger partial charge is 0.481 e. The summed E-state index contributed by atoms with van der Waals surface area (Å²) in [6.45, 7) is 0. The molecule has 0 fully saturated rings. The third kappa shape index (κ3) is 4.26. The average molecular weight is 177 g/mol. The molecule has 0 saturated heterocycles. The Morgan fingerprint density at radius 2 is 2.09 bits per heavy atom. The molecule has 6 heteroatoms. The van der Waals surface area contributed by atoms with Crippen molar-refractivity contribution in [2.24, 2.45) is 0 Å². The molecule has 0 aromatic heterocycles. The molecule has 62 valence electrons. The second-order valence-corrected chi connectivity index (χ2v) is 2.01. The van der Waals surface area contributed by atoms with E-state index < -0.39 is 24.4 Å². The Balaban J connectivity index is 3.99. The number of hydrogen-bond acceptors (Lipinski definition) is 3. The second kappa shape index (κ2) is 4.62. The quantitative estimate of drug-likeness (QED) is 0.489. The van der Waals surface area contributed by atoms with Gasteiger partial charge in [-0.2, -0.15) is 0 Å². The molecule has 0 spiro atoms. The summed E-state index contributed by atoms with van der Waals surface area (Å²) in [6, 6.07) is -1.13. The van der Waals surface area contributed by atoms with Crippen LogP contribution in [0.2, 0.25) is 0 Å². The van der Waals surface area contributed by atoms with E-state index >= 15 is 0 Å². The molecule has 0 radical (unpaired) electrons. The Kier molecular flexibility index (Phi) is 4.12. The van der Waals surface area contributed by atoms with Crippen molar-refractivity contribution >= 4 is 29.6 Å². The summed E-state index contributed by atoms with van der Waals surface area (Å²) >= 11 is 4.31. The lowest BCUT2D eigenvalue weighted by Crippen LogP contribution is -2.37. The zero-order valence-corrected chi connectivity index (χ0v) is 6.30. The molecule has 0 amide bonds. The lowest BCUT2D eigenvalue weighted by molar-refractivity contribution is -0.145. The minimum absolute atomic E-state index is 0.484. The highest BCUT2D eigenvalue weighted by Crippen LogP contribution is 1.90. The van der Waals surface area contributed by atoms with Gasteiger partial charge >= 0.3 is 11.9 Å². The van der Waals surface area contributed by atoms with E-state index in [0.717, 1.165) is 5.49 Å². The number of carboxylic acid groups (broad SMARTS) is 2. The summed E-state index contributed by atoms with van der Waals surface area (Å²) in [5.41, 5.74) is 0.988. The maximum Gasteiger partial charge on any atom is 0.326 e. The Morgan fingerprint density at radius 3 is 2.36 bits per heavy atom. The van der Waals surface area contributed by atoms with Crippen molar-refractivity contribution in [1.29, 1.82) is 0 Å². The fourth-order valence-electron chi connectivity index (χ4n) is 0.474. The first-order chi connectivity index (χ1) is 5.07. The molecule has 0 aliphatic carbocycles. The van der Waals surface area contributed by atoms with Gasteiger partial charge < -0.3 is 15.5 Å². The van der Waals surface area contributed by atoms with E-state index in [0.29, 0.717) is 0 Å². The molecule has 0 aromatic rings. The van der Waals surface area contributed by atoms with Gasteiger partial charge in [-0.25, -0.2) is 4.79 Å². The molecule has 0 rings (SSSR count). The van der Waals surface area contributed by atoms with Crippen molar-refractivity contribution in [3.63, 3.8) is 0 Å². The van der Waals surface area contributed by atoms with Crippen LogP contribution in [0.4, 0.5) is 0 Å². The summed E-state index contributed by atoms with van der Waals surface area (Å²) in [7, 11) is 0. The first-order valence-electron chi connectivity index (χ1n) is 2.72. The fraction of sp³-hybridized carbons (Fsp3) is 0.400. The van der Waals surface area contributed by atoms with Crippen molar-refractivity contribution in [3.8, 4) is 0 Å². The molecule has 0 unspecified atom stereocenters. The Morgan fingerprint density at radius 1 is 1.55 bits per heavy atom. The van der Waals surface area contributed by atoms with Gasteiger partial charge in [0.05, 0.1) is 11.9 Å². The van der Waals surface area contributed by atoms with Gasteiger partial charge in [0.15, 0.2) is 0 Å². The van der Waals surface area contributed by atoms with Crippen molar-refractivity contribution < 1.29 is 19.8 Å². The highest BCUT2D eigenvalue weighted by atomic mass is 32.1. The Hall–Kier alpha value is -1.17. The van der Waals surface area contributed by atoms with Gasteiger partial charge in [-0.05, 0) is 0 Å². The molecule has 11 heavy (non-hydrogen) atoms. The molecular formula is C5H7NO4S. The standard InChI is InChI=1S/C5H7NO4S/c7-4(8)1-3(5(9)10)6-2-11/h2-3H,1H2,(H,6,11)(H,7,8)(H,9,10)/t3-/m0/s1. The molecule has 3 N–H and O–H groups in total. The maximum atomic E-state index is 10.2.